The molecular formula is C21H25BrN2O3. The molecule has 0 aliphatic rings. The van der Waals surface area contributed by atoms with Gasteiger partial charge in [0.05, 0.1) is 12.2 Å². The van der Waals surface area contributed by atoms with Crippen molar-refractivity contribution < 1.29 is 14.3 Å². The molecule has 2 amide bonds. The van der Waals surface area contributed by atoms with E-state index in [0.717, 1.165) is 29.3 Å². The summed E-state index contributed by atoms with van der Waals surface area (Å²) in [5, 5.41) is 0. The van der Waals surface area contributed by atoms with Crippen molar-refractivity contribution in [1.82, 2.24) is 10.9 Å². The van der Waals surface area contributed by atoms with E-state index >= 15 is 0 Å². The standard InChI is InChI=1S/C21H25BrN2O3/c1-3-4-5-8-13-27-19-12-11-16(22)14-18(19)21(26)24-23-20(25)17-10-7-6-9-15(17)2/h6-7,9-12,14H,3-5,8,13H2,1-2H3,(H,23,25)(H,24,26). The Hall–Kier alpha value is -2.34. The highest BCUT2D eigenvalue weighted by Crippen LogP contribution is 2.23. The zero-order chi connectivity index (χ0) is 19.6. The summed E-state index contributed by atoms with van der Waals surface area (Å²) in [4.78, 5) is 24.8. The molecule has 27 heavy (non-hydrogen) atoms. The molecule has 144 valence electrons. The average Bonchev–Trinajstić information content (AvgIpc) is 2.67. The van der Waals surface area contributed by atoms with Gasteiger partial charge < -0.3 is 4.74 Å². The van der Waals surface area contributed by atoms with Crippen LogP contribution in [0.5, 0.6) is 5.75 Å². The molecule has 0 aliphatic heterocycles. The zero-order valence-electron chi connectivity index (χ0n) is 15.7. The molecule has 2 aromatic rings. The monoisotopic (exact) mass is 432 g/mol. The lowest BCUT2D eigenvalue weighted by Gasteiger charge is -2.13. The summed E-state index contributed by atoms with van der Waals surface area (Å²) < 4.78 is 6.54. The molecule has 0 aliphatic carbocycles. The summed E-state index contributed by atoms with van der Waals surface area (Å²) >= 11 is 3.37. The molecule has 0 heterocycles. The van der Waals surface area contributed by atoms with Gasteiger partial charge in [-0.25, -0.2) is 0 Å². The van der Waals surface area contributed by atoms with Gasteiger partial charge in [-0.3, -0.25) is 20.4 Å². The van der Waals surface area contributed by atoms with Crippen LogP contribution in [0, 0.1) is 6.92 Å². The predicted molar refractivity (Wildman–Crippen MR) is 110 cm³/mol. The molecule has 0 unspecified atom stereocenters. The van der Waals surface area contributed by atoms with Crippen molar-refractivity contribution in [1.29, 1.82) is 0 Å². The Balaban J connectivity index is 1.99. The number of unbranched alkanes of at least 4 members (excludes halogenated alkanes) is 3. The van der Waals surface area contributed by atoms with Gasteiger partial charge in [-0.2, -0.15) is 0 Å². The molecule has 2 rings (SSSR count). The van der Waals surface area contributed by atoms with E-state index in [4.69, 9.17) is 4.74 Å². The first-order valence-corrected chi connectivity index (χ1v) is 9.91. The SMILES string of the molecule is CCCCCCOc1ccc(Br)cc1C(=O)NNC(=O)c1ccccc1C. The normalized spacial score (nSPS) is 10.3. The van der Waals surface area contributed by atoms with Gasteiger partial charge in [-0.1, -0.05) is 60.3 Å². The van der Waals surface area contributed by atoms with E-state index in [2.05, 4.69) is 33.7 Å². The molecule has 5 nitrogen and oxygen atoms in total. The quantitative estimate of drug-likeness (QED) is 0.465. The number of hydrogen-bond acceptors (Lipinski definition) is 3. The number of hydrogen-bond donors (Lipinski definition) is 2. The zero-order valence-corrected chi connectivity index (χ0v) is 17.3. The van der Waals surface area contributed by atoms with Gasteiger partial charge in [0.2, 0.25) is 0 Å². The molecule has 0 saturated heterocycles. The number of nitrogens with one attached hydrogen (secondary N) is 2. The van der Waals surface area contributed by atoms with E-state index in [1.165, 1.54) is 6.42 Å². The summed E-state index contributed by atoms with van der Waals surface area (Å²) in [7, 11) is 0. The maximum atomic E-state index is 12.5. The van der Waals surface area contributed by atoms with E-state index in [-0.39, 0.29) is 5.91 Å². The first-order chi connectivity index (χ1) is 13.0. The van der Waals surface area contributed by atoms with Crippen molar-refractivity contribution in [2.24, 2.45) is 0 Å². The first kappa shape index (κ1) is 21.0. The number of aryl methyl sites for hydroxylation is 1. The van der Waals surface area contributed by atoms with Gasteiger partial charge in [-0.15, -0.1) is 0 Å². The number of halogens is 1. The van der Waals surface area contributed by atoms with Gasteiger partial charge in [0.1, 0.15) is 5.75 Å². The van der Waals surface area contributed by atoms with Crippen LogP contribution in [-0.2, 0) is 0 Å². The summed E-state index contributed by atoms with van der Waals surface area (Å²) in [6.07, 6.45) is 4.37. The maximum Gasteiger partial charge on any atom is 0.273 e. The molecule has 0 aromatic heterocycles. The Bertz CT molecular complexity index is 793. The highest BCUT2D eigenvalue weighted by atomic mass is 79.9. The molecule has 2 aromatic carbocycles. The number of carbonyl (C=O) groups excluding carboxylic acids is 2. The molecule has 0 fully saturated rings. The minimum absolute atomic E-state index is 0.363. The van der Waals surface area contributed by atoms with Gasteiger partial charge in [-0.05, 0) is 43.2 Å². The Morgan fingerprint density at radius 1 is 0.963 bits per heavy atom. The van der Waals surface area contributed by atoms with Gasteiger partial charge in [0.25, 0.3) is 11.8 Å². The van der Waals surface area contributed by atoms with E-state index in [1.807, 2.05) is 25.1 Å². The summed E-state index contributed by atoms with van der Waals surface area (Å²) in [5.41, 5.74) is 6.64. The van der Waals surface area contributed by atoms with Crippen LogP contribution in [0.15, 0.2) is 46.9 Å². The highest BCUT2D eigenvalue weighted by molar-refractivity contribution is 9.10. The van der Waals surface area contributed by atoms with Crippen LogP contribution in [0.2, 0.25) is 0 Å². The lowest BCUT2D eigenvalue weighted by molar-refractivity contribution is 0.0844. The molecule has 6 heteroatoms. The van der Waals surface area contributed by atoms with Crippen LogP contribution in [0.4, 0.5) is 0 Å². The van der Waals surface area contributed by atoms with Crippen LogP contribution in [-0.4, -0.2) is 18.4 Å². The van der Waals surface area contributed by atoms with Crippen LogP contribution >= 0.6 is 15.9 Å². The van der Waals surface area contributed by atoms with Crippen molar-refractivity contribution in [3.63, 3.8) is 0 Å². The molecule has 2 N–H and O–H groups in total. The smallest absolute Gasteiger partial charge is 0.273 e. The van der Waals surface area contributed by atoms with Crippen LogP contribution in [0.1, 0.15) is 58.9 Å². The van der Waals surface area contributed by atoms with Crippen molar-refractivity contribution >= 4 is 27.7 Å². The third-order valence-electron chi connectivity index (χ3n) is 4.12. The van der Waals surface area contributed by atoms with Crippen molar-refractivity contribution in [2.75, 3.05) is 6.61 Å². The highest BCUT2D eigenvalue weighted by Gasteiger charge is 2.15. The van der Waals surface area contributed by atoms with Crippen LogP contribution < -0.4 is 15.6 Å². The van der Waals surface area contributed by atoms with Crippen molar-refractivity contribution in [2.45, 2.75) is 39.5 Å². The minimum atomic E-state index is -0.429. The first-order valence-electron chi connectivity index (χ1n) is 9.11. The van der Waals surface area contributed by atoms with Gasteiger partial charge in [0.15, 0.2) is 0 Å². The number of rotatable bonds is 8. The second-order valence-corrected chi connectivity index (χ2v) is 7.19. The Kier molecular flexibility index (Phi) is 8.33. The minimum Gasteiger partial charge on any atom is -0.493 e. The van der Waals surface area contributed by atoms with Gasteiger partial charge >= 0.3 is 0 Å². The number of ether oxygens (including phenoxy) is 1. The second-order valence-electron chi connectivity index (χ2n) is 6.27. The molecular weight excluding hydrogens is 408 g/mol. The molecule has 0 saturated carbocycles. The topological polar surface area (TPSA) is 67.4 Å². The average molecular weight is 433 g/mol. The Morgan fingerprint density at radius 2 is 1.67 bits per heavy atom. The predicted octanol–water partition coefficient (Wildman–Crippen LogP) is 4.79. The number of benzene rings is 2. The van der Waals surface area contributed by atoms with E-state index in [1.54, 1.807) is 24.3 Å². The summed E-state index contributed by atoms with van der Waals surface area (Å²) in [6, 6.07) is 12.4. The fourth-order valence-corrected chi connectivity index (χ4v) is 2.95. The van der Waals surface area contributed by atoms with Gasteiger partial charge in [0, 0.05) is 10.0 Å². The fourth-order valence-electron chi connectivity index (χ4n) is 2.59. The van der Waals surface area contributed by atoms with Crippen molar-refractivity contribution in [3.05, 3.63) is 63.6 Å². The summed E-state index contributed by atoms with van der Waals surface area (Å²) in [5.74, 6) is -0.294. The van der Waals surface area contributed by atoms with E-state index in [9.17, 15) is 9.59 Å². The van der Waals surface area contributed by atoms with E-state index in [0.29, 0.717) is 23.5 Å². The van der Waals surface area contributed by atoms with Crippen LogP contribution in [0.3, 0.4) is 0 Å². The third-order valence-corrected chi connectivity index (χ3v) is 4.61. The van der Waals surface area contributed by atoms with Crippen molar-refractivity contribution in [3.8, 4) is 5.75 Å². The number of hydrazine groups is 1. The molecule has 0 radical (unpaired) electrons. The van der Waals surface area contributed by atoms with E-state index < -0.39 is 5.91 Å². The molecule has 0 spiro atoms. The number of amides is 2. The third kappa shape index (κ3) is 6.40. The second kappa shape index (κ2) is 10.7. The maximum absolute atomic E-state index is 12.5. The van der Waals surface area contributed by atoms with Crippen LogP contribution in [0.25, 0.3) is 0 Å². The molecule has 0 bridgehead atoms. The largest absolute Gasteiger partial charge is 0.493 e. The lowest BCUT2D eigenvalue weighted by Crippen LogP contribution is -2.42. The Morgan fingerprint density at radius 3 is 2.37 bits per heavy atom. The fraction of sp³-hybridized carbons (Fsp3) is 0.333. The lowest BCUT2D eigenvalue weighted by atomic mass is 10.1. The summed E-state index contributed by atoms with van der Waals surface area (Å²) in [6.45, 7) is 4.55. The number of carbonyl (C=O) groups is 2. The molecule has 0 atom stereocenters. The Labute approximate surface area is 168 Å².